The number of hydrogen-bond donors (Lipinski definition) is 3. The Balaban J connectivity index is 2.02. The smallest absolute Gasteiger partial charge is 0.408 e. The van der Waals surface area contributed by atoms with Gasteiger partial charge in [-0.1, -0.05) is 74.5 Å². The van der Waals surface area contributed by atoms with Crippen LogP contribution in [0.25, 0.3) is 0 Å². The number of carbonyl (C=O) groups excluding carboxylic acids is 1. The SMILES string of the molecule is CC(C)C[C@@H](C(=O)O)N(CCCNC(=O)C(c1ccccc1)c1ccccc1)C(=O)O. The van der Waals surface area contributed by atoms with Gasteiger partial charge < -0.3 is 15.5 Å². The van der Waals surface area contributed by atoms with Crippen LogP contribution in [-0.4, -0.2) is 52.2 Å². The first-order chi connectivity index (χ1) is 14.8. The first-order valence-electron chi connectivity index (χ1n) is 10.4. The van der Waals surface area contributed by atoms with Gasteiger partial charge >= 0.3 is 12.1 Å². The molecule has 0 saturated carbocycles. The van der Waals surface area contributed by atoms with Crippen LogP contribution in [0.2, 0.25) is 0 Å². The molecule has 0 radical (unpaired) electrons. The number of carbonyl (C=O) groups is 3. The zero-order chi connectivity index (χ0) is 22.8. The van der Waals surface area contributed by atoms with E-state index < -0.39 is 24.0 Å². The Morgan fingerprint density at radius 3 is 1.84 bits per heavy atom. The molecule has 0 saturated heterocycles. The molecule has 0 spiro atoms. The molecule has 2 amide bonds. The first-order valence-corrected chi connectivity index (χ1v) is 10.4. The van der Waals surface area contributed by atoms with Crippen molar-refractivity contribution in [1.29, 1.82) is 0 Å². The highest BCUT2D eigenvalue weighted by Crippen LogP contribution is 2.24. The number of hydrogen-bond acceptors (Lipinski definition) is 3. The van der Waals surface area contributed by atoms with Crippen molar-refractivity contribution >= 4 is 18.0 Å². The van der Waals surface area contributed by atoms with E-state index in [1.54, 1.807) is 0 Å². The quantitative estimate of drug-likeness (QED) is 0.474. The fraction of sp³-hybridized carbons (Fsp3) is 0.375. The molecule has 31 heavy (non-hydrogen) atoms. The topological polar surface area (TPSA) is 107 Å². The maximum Gasteiger partial charge on any atom is 0.408 e. The molecule has 7 nitrogen and oxygen atoms in total. The lowest BCUT2D eigenvalue weighted by molar-refractivity contribution is -0.143. The Morgan fingerprint density at radius 2 is 1.42 bits per heavy atom. The Bertz CT molecular complexity index is 815. The van der Waals surface area contributed by atoms with Crippen molar-refractivity contribution < 1.29 is 24.6 Å². The molecular weight excluding hydrogens is 396 g/mol. The molecule has 0 fully saturated rings. The number of nitrogens with one attached hydrogen (secondary N) is 1. The van der Waals surface area contributed by atoms with E-state index in [1.165, 1.54) is 0 Å². The van der Waals surface area contributed by atoms with Gasteiger partial charge in [-0.25, -0.2) is 9.59 Å². The van der Waals surface area contributed by atoms with Crippen LogP contribution in [-0.2, 0) is 9.59 Å². The standard InChI is InChI=1S/C24H30N2O5/c1-17(2)16-20(23(28)29)26(24(30)31)15-9-14-25-22(27)21(18-10-5-3-6-11-18)19-12-7-4-8-13-19/h3-8,10-13,17,20-21H,9,14-16H2,1-2H3,(H,25,27)(H,28,29)(H,30,31)/t20-/m0/s1. The van der Waals surface area contributed by atoms with Gasteiger partial charge in [0.2, 0.25) is 5.91 Å². The number of rotatable bonds is 11. The average Bonchev–Trinajstić information content (AvgIpc) is 2.73. The highest BCUT2D eigenvalue weighted by Gasteiger charge is 2.30. The largest absolute Gasteiger partial charge is 0.480 e. The highest BCUT2D eigenvalue weighted by molar-refractivity contribution is 5.87. The molecule has 2 aromatic carbocycles. The lowest BCUT2D eigenvalue weighted by Crippen LogP contribution is -2.46. The van der Waals surface area contributed by atoms with E-state index in [1.807, 2.05) is 74.5 Å². The Hall–Kier alpha value is -3.35. The third kappa shape index (κ3) is 7.13. The maximum atomic E-state index is 13.0. The van der Waals surface area contributed by atoms with Gasteiger partial charge in [0.1, 0.15) is 6.04 Å². The molecule has 0 aromatic heterocycles. The summed E-state index contributed by atoms with van der Waals surface area (Å²) in [6, 6.07) is 17.8. The van der Waals surface area contributed by atoms with E-state index in [4.69, 9.17) is 0 Å². The van der Waals surface area contributed by atoms with E-state index >= 15 is 0 Å². The number of aliphatic carboxylic acids is 1. The Kier molecular flexibility index (Phi) is 9.06. The van der Waals surface area contributed by atoms with Gasteiger partial charge in [0, 0.05) is 13.1 Å². The predicted octanol–water partition coefficient (Wildman–Crippen LogP) is 3.80. The Morgan fingerprint density at radius 1 is 0.903 bits per heavy atom. The zero-order valence-electron chi connectivity index (χ0n) is 17.9. The third-order valence-corrected chi connectivity index (χ3v) is 5.00. The normalized spacial score (nSPS) is 11.9. The molecule has 0 aliphatic rings. The van der Waals surface area contributed by atoms with Crippen molar-refractivity contribution in [2.24, 2.45) is 5.92 Å². The van der Waals surface area contributed by atoms with Gasteiger partial charge in [-0.15, -0.1) is 0 Å². The lowest BCUT2D eigenvalue weighted by atomic mass is 9.90. The summed E-state index contributed by atoms with van der Waals surface area (Å²) in [6.45, 7) is 3.97. The molecule has 0 aliphatic heterocycles. The monoisotopic (exact) mass is 426 g/mol. The minimum atomic E-state index is -1.27. The van der Waals surface area contributed by atoms with Crippen LogP contribution in [0.4, 0.5) is 4.79 Å². The fourth-order valence-electron chi connectivity index (χ4n) is 3.54. The molecule has 3 N–H and O–H groups in total. The van der Waals surface area contributed by atoms with Crippen molar-refractivity contribution in [2.75, 3.05) is 13.1 Å². The van der Waals surface area contributed by atoms with Crippen LogP contribution in [0.3, 0.4) is 0 Å². The van der Waals surface area contributed by atoms with Crippen molar-refractivity contribution in [3.05, 3.63) is 71.8 Å². The minimum absolute atomic E-state index is 0.0284. The van der Waals surface area contributed by atoms with Gasteiger partial charge in [-0.2, -0.15) is 0 Å². The molecular formula is C24H30N2O5. The van der Waals surface area contributed by atoms with E-state index in [-0.39, 0.29) is 31.3 Å². The van der Waals surface area contributed by atoms with Crippen LogP contribution in [0.5, 0.6) is 0 Å². The second kappa shape index (κ2) is 11.7. The molecule has 0 aliphatic carbocycles. The van der Waals surface area contributed by atoms with Gasteiger partial charge in [-0.3, -0.25) is 9.69 Å². The highest BCUT2D eigenvalue weighted by atomic mass is 16.4. The number of carboxylic acids is 1. The van der Waals surface area contributed by atoms with Crippen molar-refractivity contribution in [1.82, 2.24) is 10.2 Å². The maximum absolute atomic E-state index is 13.0. The molecule has 1 atom stereocenters. The van der Waals surface area contributed by atoms with Crippen LogP contribution in [0, 0.1) is 5.92 Å². The van der Waals surface area contributed by atoms with E-state index in [2.05, 4.69) is 5.32 Å². The van der Waals surface area contributed by atoms with Gasteiger partial charge in [-0.05, 0) is 29.9 Å². The van der Waals surface area contributed by atoms with Gasteiger partial charge in [0.05, 0.1) is 5.92 Å². The second-order valence-corrected chi connectivity index (χ2v) is 7.86. The van der Waals surface area contributed by atoms with Crippen LogP contribution in [0.15, 0.2) is 60.7 Å². The van der Waals surface area contributed by atoms with Gasteiger partial charge in [0.15, 0.2) is 0 Å². The third-order valence-electron chi connectivity index (χ3n) is 5.00. The van der Waals surface area contributed by atoms with Crippen LogP contribution < -0.4 is 5.32 Å². The van der Waals surface area contributed by atoms with Crippen LogP contribution in [0.1, 0.15) is 43.7 Å². The zero-order valence-corrected chi connectivity index (χ0v) is 17.9. The van der Waals surface area contributed by atoms with E-state index in [9.17, 15) is 24.6 Å². The average molecular weight is 427 g/mol. The fourth-order valence-corrected chi connectivity index (χ4v) is 3.54. The number of carboxylic acid groups (broad SMARTS) is 2. The second-order valence-electron chi connectivity index (χ2n) is 7.86. The minimum Gasteiger partial charge on any atom is -0.480 e. The van der Waals surface area contributed by atoms with Crippen molar-refractivity contribution in [2.45, 2.75) is 38.6 Å². The molecule has 2 aromatic rings. The number of benzene rings is 2. The lowest BCUT2D eigenvalue weighted by Gasteiger charge is -2.27. The first kappa shape index (κ1) is 23.9. The molecule has 0 bridgehead atoms. The number of amides is 2. The van der Waals surface area contributed by atoms with E-state index in [0.29, 0.717) is 6.42 Å². The molecule has 166 valence electrons. The van der Waals surface area contributed by atoms with Crippen molar-refractivity contribution in [3.63, 3.8) is 0 Å². The summed E-state index contributed by atoms with van der Waals surface area (Å²) in [4.78, 5) is 37.1. The summed E-state index contributed by atoms with van der Waals surface area (Å²) in [5.74, 6) is -1.78. The summed E-state index contributed by atoms with van der Waals surface area (Å²) in [7, 11) is 0. The summed E-state index contributed by atoms with van der Waals surface area (Å²) in [5.41, 5.74) is 1.72. The summed E-state index contributed by atoms with van der Waals surface area (Å²) in [5, 5.41) is 21.8. The van der Waals surface area contributed by atoms with Crippen molar-refractivity contribution in [3.8, 4) is 0 Å². The Labute approximate surface area is 182 Å². The van der Waals surface area contributed by atoms with Crippen LogP contribution >= 0.6 is 0 Å². The molecule has 7 heteroatoms. The molecule has 2 rings (SSSR count). The molecule has 0 heterocycles. The van der Waals surface area contributed by atoms with E-state index in [0.717, 1.165) is 16.0 Å². The van der Waals surface area contributed by atoms with Gasteiger partial charge in [0.25, 0.3) is 0 Å². The summed E-state index contributed by atoms with van der Waals surface area (Å²) >= 11 is 0. The molecule has 0 unspecified atom stereocenters. The summed E-state index contributed by atoms with van der Waals surface area (Å²) < 4.78 is 0. The summed E-state index contributed by atoms with van der Waals surface area (Å²) in [6.07, 6.45) is -0.722. The predicted molar refractivity (Wildman–Crippen MR) is 118 cm³/mol. The number of nitrogens with zero attached hydrogens (tertiary/aromatic N) is 1.